The fourth-order valence-corrected chi connectivity index (χ4v) is 3.22. The van der Waals surface area contributed by atoms with Crippen LogP contribution in [-0.4, -0.2) is 43.2 Å². The Balaban J connectivity index is 1.74. The topological polar surface area (TPSA) is 130 Å². The molecule has 2 aromatic heterocycles. The fraction of sp³-hybridized carbons (Fsp3) is 0.217. The van der Waals surface area contributed by atoms with E-state index in [1.165, 1.54) is 20.2 Å². The van der Waals surface area contributed by atoms with E-state index in [-0.39, 0.29) is 5.56 Å². The summed E-state index contributed by atoms with van der Waals surface area (Å²) in [6.45, 7) is 5.27. The van der Waals surface area contributed by atoms with Crippen LogP contribution in [0.2, 0.25) is 0 Å². The molecular formula is C23H22N4O5. The molecule has 0 spiro atoms. The number of hydrogen-bond acceptors (Lipinski definition) is 6. The first kappa shape index (κ1) is 21.1. The third-order valence-electron chi connectivity index (χ3n) is 4.89. The van der Waals surface area contributed by atoms with Gasteiger partial charge in [-0.25, -0.2) is 14.8 Å². The van der Waals surface area contributed by atoms with Gasteiger partial charge >= 0.3 is 5.97 Å². The molecule has 9 nitrogen and oxygen atoms in total. The lowest BCUT2D eigenvalue weighted by atomic mass is 10.0. The van der Waals surface area contributed by atoms with Gasteiger partial charge in [-0.15, -0.1) is 0 Å². The van der Waals surface area contributed by atoms with E-state index in [9.17, 15) is 14.7 Å². The Hall–Kier alpha value is -4.14. The number of carboxylic acid groups (broad SMARTS) is 1. The third-order valence-corrected chi connectivity index (χ3v) is 4.89. The van der Waals surface area contributed by atoms with E-state index < -0.39 is 11.6 Å². The Morgan fingerprint density at radius 1 is 1.16 bits per heavy atom. The molecule has 0 amide bonds. The number of aromatic amines is 2. The maximum Gasteiger partial charge on any atom is 0.347 e. The van der Waals surface area contributed by atoms with Gasteiger partial charge in [0.1, 0.15) is 17.3 Å². The smallest absolute Gasteiger partial charge is 0.347 e. The first-order valence-electron chi connectivity index (χ1n) is 10.0. The van der Waals surface area contributed by atoms with Gasteiger partial charge in [0.25, 0.3) is 5.56 Å². The molecule has 32 heavy (non-hydrogen) atoms. The number of hydrogen-bond donors (Lipinski definition) is 3. The van der Waals surface area contributed by atoms with Crippen molar-refractivity contribution in [3.05, 3.63) is 59.1 Å². The molecule has 2 heterocycles. The summed E-state index contributed by atoms with van der Waals surface area (Å²) in [4.78, 5) is 37.7. The summed E-state index contributed by atoms with van der Waals surface area (Å²) in [5, 5.41) is 9.32. The predicted molar refractivity (Wildman–Crippen MR) is 119 cm³/mol. The molecule has 0 aliphatic heterocycles. The van der Waals surface area contributed by atoms with Crippen molar-refractivity contribution >= 4 is 17.1 Å². The normalized spacial score (nSPS) is 11.5. The first-order valence-corrected chi connectivity index (χ1v) is 10.0. The average molecular weight is 434 g/mol. The number of ether oxygens (including phenoxy) is 2. The summed E-state index contributed by atoms with van der Waals surface area (Å²) >= 11 is 0. The van der Waals surface area contributed by atoms with Gasteiger partial charge in [0, 0.05) is 0 Å². The Morgan fingerprint density at radius 2 is 1.94 bits per heavy atom. The molecular weight excluding hydrogens is 412 g/mol. The monoisotopic (exact) mass is 434 g/mol. The van der Waals surface area contributed by atoms with Gasteiger partial charge in [0.15, 0.2) is 16.8 Å². The maximum atomic E-state index is 12.3. The lowest BCUT2D eigenvalue weighted by Gasteiger charge is -2.22. The molecule has 0 saturated carbocycles. The zero-order chi connectivity index (χ0) is 22.9. The summed E-state index contributed by atoms with van der Waals surface area (Å²) in [5.74, 6) is 0.276. The van der Waals surface area contributed by atoms with Crippen LogP contribution < -0.4 is 15.0 Å². The van der Waals surface area contributed by atoms with Crippen molar-refractivity contribution in [3.63, 3.8) is 0 Å². The molecule has 0 fully saturated rings. The van der Waals surface area contributed by atoms with Crippen molar-refractivity contribution in [1.82, 2.24) is 19.9 Å². The highest BCUT2D eigenvalue weighted by Gasteiger charge is 2.29. The van der Waals surface area contributed by atoms with Gasteiger partial charge in [-0.2, -0.15) is 0 Å². The van der Waals surface area contributed by atoms with Crippen molar-refractivity contribution in [2.75, 3.05) is 6.61 Å². The van der Waals surface area contributed by atoms with Gasteiger partial charge in [-0.05, 0) is 56.2 Å². The Morgan fingerprint density at radius 3 is 2.69 bits per heavy atom. The lowest BCUT2D eigenvalue weighted by Crippen LogP contribution is -2.37. The minimum atomic E-state index is -1.36. The van der Waals surface area contributed by atoms with Crippen LogP contribution in [0.4, 0.5) is 0 Å². The third kappa shape index (κ3) is 4.04. The molecule has 0 atom stereocenters. The number of carbonyl (C=O) groups is 1. The number of aliphatic carboxylic acids is 1. The standard InChI is InChI=1S/C23H22N4O5/c1-4-31-17-11-14(13-6-5-7-15(10-13)32-23(2,3)22(29)30)8-9-16(17)19-26-20-18(21(28)27-19)24-12-25-20/h5-12H,4H2,1-3H3,(H,29,30)(H2,24,25,26,27,28). The van der Waals surface area contributed by atoms with Crippen LogP contribution in [0.5, 0.6) is 11.5 Å². The van der Waals surface area contributed by atoms with Gasteiger partial charge < -0.3 is 24.5 Å². The molecule has 0 aliphatic rings. The second kappa shape index (κ2) is 8.18. The van der Waals surface area contributed by atoms with Crippen LogP contribution in [0.3, 0.4) is 0 Å². The van der Waals surface area contributed by atoms with E-state index in [4.69, 9.17) is 9.47 Å². The lowest BCUT2D eigenvalue weighted by molar-refractivity contribution is -0.152. The maximum absolute atomic E-state index is 12.3. The number of nitrogens with one attached hydrogen (secondary N) is 2. The van der Waals surface area contributed by atoms with E-state index >= 15 is 0 Å². The van der Waals surface area contributed by atoms with Crippen molar-refractivity contribution in [1.29, 1.82) is 0 Å². The summed E-state index contributed by atoms with van der Waals surface area (Å²) in [6, 6.07) is 12.7. The number of benzene rings is 2. The molecule has 0 bridgehead atoms. The zero-order valence-electron chi connectivity index (χ0n) is 17.8. The highest BCUT2D eigenvalue weighted by molar-refractivity contribution is 5.78. The van der Waals surface area contributed by atoms with Crippen LogP contribution in [0.25, 0.3) is 33.7 Å². The molecule has 0 radical (unpaired) electrons. The van der Waals surface area contributed by atoms with Crippen molar-refractivity contribution < 1.29 is 19.4 Å². The number of fused-ring (bicyclic) bond motifs is 1. The quantitative estimate of drug-likeness (QED) is 0.405. The van der Waals surface area contributed by atoms with Gasteiger partial charge in [0.2, 0.25) is 0 Å². The Labute approximate surface area is 183 Å². The number of imidazole rings is 1. The van der Waals surface area contributed by atoms with E-state index in [1.54, 1.807) is 18.2 Å². The zero-order valence-corrected chi connectivity index (χ0v) is 17.8. The van der Waals surface area contributed by atoms with Crippen LogP contribution in [-0.2, 0) is 4.79 Å². The minimum absolute atomic E-state index is 0.310. The Kier molecular flexibility index (Phi) is 5.40. The molecule has 164 valence electrons. The van der Waals surface area contributed by atoms with Crippen LogP contribution in [0.15, 0.2) is 53.6 Å². The molecule has 0 unspecified atom stereocenters. The second-order valence-corrected chi connectivity index (χ2v) is 7.60. The van der Waals surface area contributed by atoms with E-state index in [0.717, 1.165) is 11.1 Å². The summed E-state index contributed by atoms with van der Waals surface area (Å²) in [6.07, 6.45) is 1.42. The fourth-order valence-electron chi connectivity index (χ4n) is 3.22. The van der Waals surface area contributed by atoms with Crippen molar-refractivity contribution in [2.24, 2.45) is 0 Å². The molecule has 4 aromatic rings. The highest BCUT2D eigenvalue weighted by Crippen LogP contribution is 2.34. The van der Waals surface area contributed by atoms with Crippen molar-refractivity contribution in [3.8, 4) is 34.0 Å². The number of carboxylic acids is 1. The highest BCUT2D eigenvalue weighted by atomic mass is 16.5. The Bertz CT molecular complexity index is 1360. The van der Waals surface area contributed by atoms with E-state index in [1.807, 2.05) is 31.2 Å². The van der Waals surface area contributed by atoms with Crippen LogP contribution >= 0.6 is 0 Å². The van der Waals surface area contributed by atoms with Gasteiger partial charge in [-0.3, -0.25) is 4.79 Å². The SMILES string of the molecule is CCOc1cc(-c2cccc(OC(C)(C)C(=O)O)c2)ccc1-c1nc2nc[nH]c2c(=O)[nH]1. The predicted octanol–water partition coefficient (Wildman–Crippen LogP) is 3.62. The van der Waals surface area contributed by atoms with Gasteiger partial charge in [-0.1, -0.05) is 18.2 Å². The van der Waals surface area contributed by atoms with Crippen LogP contribution in [0.1, 0.15) is 20.8 Å². The number of rotatable bonds is 7. The molecule has 4 rings (SSSR count). The number of nitrogens with zero attached hydrogens (tertiary/aromatic N) is 2. The van der Waals surface area contributed by atoms with Crippen molar-refractivity contribution in [2.45, 2.75) is 26.4 Å². The minimum Gasteiger partial charge on any atom is -0.493 e. The molecule has 3 N–H and O–H groups in total. The number of H-pyrrole nitrogens is 2. The first-order chi connectivity index (χ1) is 15.3. The molecule has 9 heteroatoms. The molecule has 2 aromatic carbocycles. The number of aromatic nitrogens is 4. The van der Waals surface area contributed by atoms with Crippen LogP contribution in [0, 0.1) is 0 Å². The summed E-state index contributed by atoms with van der Waals surface area (Å²) in [5.41, 5.74) is 1.23. The second-order valence-electron chi connectivity index (χ2n) is 7.60. The molecule has 0 aliphatic carbocycles. The van der Waals surface area contributed by atoms with Gasteiger partial charge in [0.05, 0.1) is 18.5 Å². The molecule has 0 saturated heterocycles. The largest absolute Gasteiger partial charge is 0.493 e. The summed E-state index contributed by atoms with van der Waals surface area (Å²) in [7, 11) is 0. The van der Waals surface area contributed by atoms with E-state index in [2.05, 4.69) is 19.9 Å². The summed E-state index contributed by atoms with van der Waals surface area (Å²) < 4.78 is 11.5. The van der Waals surface area contributed by atoms with E-state index in [0.29, 0.717) is 40.7 Å². The average Bonchev–Trinajstić information content (AvgIpc) is 3.23.